The summed E-state index contributed by atoms with van der Waals surface area (Å²) in [4.78, 5) is 5.08. The maximum atomic E-state index is 6.02. The SMILES string of the molecule is CC(C)CC(c1nnnn1CC1CCCO1)N1CCN(Cc2ccc(Cl)cc2)CC1. The van der Waals surface area contributed by atoms with Gasteiger partial charge in [0.1, 0.15) is 0 Å². The molecule has 7 nitrogen and oxygen atoms in total. The molecular weight excluding hydrogens is 400 g/mol. The van der Waals surface area contributed by atoms with Crippen molar-refractivity contribution in [3.8, 4) is 0 Å². The van der Waals surface area contributed by atoms with Crippen molar-refractivity contribution >= 4 is 11.6 Å². The topological polar surface area (TPSA) is 59.3 Å². The van der Waals surface area contributed by atoms with Crippen molar-refractivity contribution in [3.05, 3.63) is 40.7 Å². The van der Waals surface area contributed by atoms with Gasteiger partial charge in [-0.15, -0.1) is 5.10 Å². The number of aromatic nitrogens is 4. The predicted octanol–water partition coefficient (Wildman–Crippen LogP) is 3.41. The molecule has 2 unspecified atom stereocenters. The summed E-state index contributed by atoms with van der Waals surface area (Å²) in [5.74, 6) is 1.57. The van der Waals surface area contributed by atoms with Crippen LogP contribution in [0.4, 0.5) is 0 Å². The first-order valence-electron chi connectivity index (χ1n) is 11.2. The molecule has 2 atom stereocenters. The Balaban J connectivity index is 1.40. The molecule has 2 fully saturated rings. The minimum atomic E-state index is 0.239. The highest BCUT2D eigenvalue weighted by Gasteiger charge is 2.30. The Labute approximate surface area is 184 Å². The predicted molar refractivity (Wildman–Crippen MR) is 117 cm³/mol. The number of hydrogen-bond donors (Lipinski definition) is 0. The van der Waals surface area contributed by atoms with Crippen LogP contribution in [-0.4, -0.2) is 68.9 Å². The molecule has 3 heterocycles. The van der Waals surface area contributed by atoms with Gasteiger partial charge < -0.3 is 4.74 Å². The fraction of sp³-hybridized carbons (Fsp3) is 0.682. The molecule has 2 saturated heterocycles. The first-order chi connectivity index (χ1) is 14.6. The molecule has 2 aliphatic heterocycles. The Kier molecular flexibility index (Phi) is 7.36. The van der Waals surface area contributed by atoms with Gasteiger partial charge in [-0.3, -0.25) is 9.80 Å². The lowest BCUT2D eigenvalue weighted by molar-refractivity contribution is 0.0697. The van der Waals surface area contributed by atoms with Crippen LogP contribution in [0.1, 0.15) is 50.5 Å². The number of nitrogens with zero attached hydrogens (tertiary/aromatic N) is 6. The van der Waals surface area contributed by atoms with Crippen molar-refractivity contribution in [3.63, 3.8) is 0 Å². The summed E-state index contributed by atoms with van der Waals surface area (Å²) in [6, 6.07) is 8.43. The highest BCUT2D eigenvalue weighted by molar-refractivity contribution is 6.30. The Bertz CT molecular complexity index is 781. The van der Waals surface area contributed by atoms with E-state index in [0.29, 0.717) is 5.92 Å². The van der Waals surface area contributed by atoms with E-state index in [-0.39, 0.29) is 12.1 Å². The van der Waals surface area contributed by atoms with Gasteiger partial charge in [0.25, 0.3) is 0 Å². The van der Waals surface area contributed by atoms with Crippen molar-refractivity contribution in [2.75, 3.05) is 32.8 Å². The van der Waals surface area contributed by atoms with E-state index in [1.165, 1.54) is 5.56 Å². The van der Waals surface area contributed by atoms with Crippen LogP contribution in [0, 0.1) is 5.92 Å². The maximum Gasteiger partial charge on any atom is 0.168 e. The van der Waals surface area contributed by atoms with E-state index in [9.17, 15) is 0 Å². The number of rotatable bonds is 8. The van der Waals surface area contributed by atoms with E-state index in [1.54, 1.807) is 0 Å². The zero-order valence-corrected chi connectivity index (χ0v) is 18.8. The van der Waals surface area contributed by atoms with Gasteiger partial charge in [-0.05, 0) is 53.3 Å². The van der Waals surface area contributed by atoms with Crippen LogP contribution < -0.4 is 0 Å². The van der Waals surface area contributed by atoms with E-state index >= 15 is 0 Å². The molecule has 30 heavy (non-hydrogen) atoms. The molecule has 2 aliphatic rings. The van der Waals surface area contributed by atoms with Crippen molar-refractivity contribution in [1.82, 2.24) is 30.0 Å². The summed E-state index contributed by atoms with van der Waals surface area (Å²) in [5, 5.41) is 13.6. The molecule has 8 heteroatoms. The third kappa shape index (κ3) is 5.58. The van der Waals surface area contributed by atoms with E-state index in [0.717, 1.165) is 76.0 Å². The number of ether oxygens (including phenoxy) is 1. The summed E-state index contributed by atoms with van der Waals surface area (Å²) >= 11 is 6.02. The fourth-order valence-electron chi connectivity index (χ4n) is 4.51. The molecular formula is C22H33ClN6O. The molecule has 0 radical (unpaired) electrons. The zero-order chi connectivity index (χ0) is 20.9. The van der Waals surface area contributed by atoms with Crippen molar-refractivity contribution in [2.45, 2.75) is 58.3 Å². The number of piperazine rings is 1. The third-order valence-corrected chi connectivity index (χ3v) is 6.37. The highest BCUT2D eigenvalue weighted by Crippen LogP contribution is 2.28. The van der Waals surface area contributed by atoms with Gasteiger partial charge in [-0.2, -0.15) is 0 Å². The molecule has 0 amide bonds. The number of tetrazole rings is 1. The van der Waals surface area contributed by atoms with E-state index in [1.807, 2.05) is 16.8 Å². The Morgan fingerprint density at radius 1 is 1.13 bits per heavy atom. The maximum absolute atomic E-state index is 6.02. The standard InChI is InChI=1S/C22H33ClN6O/c1-17(2)14-21(22-24-25-26-29(22)16-20-4-3-13-30-20)28-11-9-27(10-12-28)15-18-5-7-19(23)8-6-18/h5-8,17,20-21H,3-4,9-16H2,1-2H3. The zero-order valence-electron chi connectivity index (χ0n) is 18.1. The van der Waals surface area contributed by atoms with Crippen molar-refractivity contribution in [1.29, 1.82) is 0 Å². The van der Waals surface area contributed by atoms with Crippen LogP contribution in [-0.2, 0) is 17.8 Å². The summed E-state index contributed by atoms with van der Waals surface area (Å²) in [7, 11) is 0. The summed E-state index contributed by atoms with van der Waals surface area (Å²) < 4.78 is 7.81. The monoisotopic (exact) mass is 432 g/mol. The van der Waals surface area contributed by atoms with Crippen LogP contribution in [0.3, 0.4) is 0 Å². The fourth-order valence-corrected chi connectivity index (χ4v) is 4.63. The lowest BCUT2D eigenvalue weighted by Gasteiger charge is -2.39. The van der Waals surface area contributed by atoms with Crippen LogP contribution in [0.25, 0.3) is 0 Å². The lowest BCUT2D eigenvalue weighted by atomic mass is 10.0. The summed E-state index contributed by atoms with van der Waals surface area (Å²) in [6.45, 7) is 11.3. The first kappa shape index (κ1) is 21.7. The van der Waals surface area contributed by atoms with Gasteiger partial charge in [0.2, 0.25) is 0 Å². The van der Waals surface area contributed by atoms with Crippen LogP contribution in [0.5, 0.6) is 0 Å². The summed E-state index contributed by atoms with van der Waals surface area (Å²) in [6.07, 6.45) is 3.52. The first-order valence-corrected chi connectivity index (χ1v) is 11.5. The molecule has 0 bridgehead atoms. The van der Waals surface area contributed by atoms with Crippen molar-refractivity contribution in [2.24, 2.45) is 5.92 Å². The van der Waals surface area contributed by atoms with E-state index < -0.39 is 0 Å². The average Bonchev–Trinajstić information content (AvgIpc) is 3.41. The minimum absolute atomic E-state index is 0.239. The van der Waals surface area contributed by atoms with Crippen LogP contribution in [0.15, 0.2) is 24.3 Å². The van der Waals surface area contributed by atoms with Crippen LogP contribution in [0.2, 0.25) is 5.02 Å². The molecule has 0 saturated carbocycles. The Morgan fingerprint density at radius 2 is 1.90 bits per heavy atom. The molecule has 0 N–H and O–H groups in total. The molecule has 1 aromatic heterocycles. The largest absolute Gasteiger partial charge is 0.376 e. The van der Waals surface area contributed by atoms with Gasteiger partial charge >= 0.3 is 0 Å². The smallest absolute Gasteiger partial charge is 0.168 e. The molecule has 1 aromatic carbocycles. The normalized spacial score (nSPS) is 22.1. The lowest BCUT2D eigenvalue weighted by Crippen LogP contribution is -2.48. The third-order valence-electron chi connectivity index (χ3n) is 6.12. The number of benzene rings is 1. The highest BCUT2D eigenvalue weighted by atomic mass is 35.5. The van der Waals surface area contributed by atoms with Gasteiger partial charge in [-0.25, -0.2) is 4.68 Å². The number of halogens is 1. The summed E-state index contributed by atoms with van der Waals surface area (Å²) in [5.41, 5.74) is 1.31. The van der Waals surface area contributed by atoms with Gasteiger partial charge in [-0.1, -0.05) is 37.6 Å². The second-order valence-electron chi connectivity index (χ2n) is 8.94. The van der Waals surface area contributed by atoms with Gasteiger partial charge in [0.15, 0.2) is 5.82 Å². The Hall–Kier alpha value is -1.54. The molecule has 0 spiro atoms. The van der Waals surface area contributed by atoms with E-state index in [2.05, 4.69) is 51.3 Å². The molecule has 2 aromatic rings. The molecule has 4 rings (SSSR count). The van der Waals surface area contributed by atoms with Crippen molar-refractivity contribution < 1.29 is 4.74 Å². The average molecular weight is 433 g/mol. The second kappa shape index (κ2) is 10.2. The second-order valence-corrected chi connectivity index (χ2v) is 9.37. The minimum Gasteiger partial charge on any atom is -0.376 e. The van der Waals surface area contributed by atoms with E-state index in [4.69, 9.17) is 16.3 Å². The Morgan fingerprint density at radius 3 is 2.57 bits per heavy atom. The molecule has 164 valence electrons. The van der Waals surface area contributed by atoms with Gasteiger partial charge in [0, 0.05) is 44.4 Å². The molecule has 0 aliphatic carbocycles. The quantitative estimate of drug-likeness (QED) is 0.637. The van der Waals surface area contributed by atoms with Crippen LogP contribution >= 0.6 is 11.6 Å². The van der Waals surface area contributed by atoms with Gasteiger partial charge in [0.05, 0.1) is 18.7 Å². The number of hydrogen-bond acceptors (Lipinski definition) is 6.